The first-order valence-corrected chi connectivity index (χ1v) is 9.61. The van der Waals surface area contributed by atoms with E-state index in [2.05, 4.69) is 0 Å². The summed E-state index contributed by atoms with van der Waals surface area (Å²) in [5.41, 5.74) is 0.633. The number of thiophene rings is 1. The molecule has 114 valence electrons. The number of rotatable bonds is 6. The fraction of sp³-hybridized carbons (Fsp3) is 0.286. The summed E-state index contributed by atoms with van der Waals surface area (Å²) >= 11 is 13.3. The molecule has 21 heavy (non-hydrogen) atoms. The minimum Gasteiger partial charge on any atom is -0.212 e. The van der Waals surface area contributed by atoms with Crippen molar-refractivity contribution in [3.63, 3.8) is 0 Å². The van der Waals surface area contributed by atoms with Gasteiger partial charge in [0.15, 0.2) is 0 Å². The van der Waals surface area contributed by atoms with Gasteiger partial charge in [-0.2, -0.15) is 4.31 Å². The monoisotopic (exact) mass is 363 g/mol. The molecule has 0 aliphatic carbocycles. The van der Waals surface area contributed by atoms with Gasteiger partial charge in [0.1, 0.15) is 0 Å². The zero-order chi connectivity index (χ0) is 15.5. The van der Waals surface area contributed by atoms with Crippen LogP contribution in [0.15, 0.2) is 35.7 Å². The molecule has 0 aliphatic heterocycles. The summed E-state index contributed by atoms with van der Waals surface area (Å²) in [5, 5.41) is 2.73. The predicted molar refractivity (Wildman–Crippen MR) is 89.5 cm³/mol. The molecule has 3 nitrogen and oxygen atoms in total. The van der Waals surface area contributed by atoms with Crippen LogP contribution in [0.2, 0.25) is 10.0 Å². The van der Waals surface area contributed by atoms with E-state index in [1.807, 2.05) is 24.4 Å². The molecule has 0 bridgehead atoms. The van der Waals surface area contributed by atoms with Gasteiger partial charge in [0.05, 0.1) is 15.8 Å². The molecule has 1 aromatic heterocycles. The second kappa shape index (κ2) is 7.11. The molecule has 0 unspecified atom stereocenters. The smallest absolute Gasteiger partial charge is 0.212 e. The summed E-state index contributed by atoms with van der Waals surface area (Å²) in [5.74, 6) is -0.0803. The molecule has 0 aliphatic rings. The highest BCUT2D eigenvalue weighted by molar-refractivity contribution is 7.88. The third kappa shape index (κ3) is 4.44. The molecule has 2 rings (SSSR count). The van der Waals surface area contributed by atoms with Crippen LogP contribution in [0.3, 0.4) is 0 Å². The first kappa shape index (κ1) is 16.8. The molecule has 0 atom stereocenters. The second-order valence-electron chi connectivity index (χ2n) is 4.51. The third-order valence-electron chi connectivity index (χ3n) is 2.99. The van der Waals surface area contributed by atoms with Gasteiger partial charge in [0, 0.05) is 18.0 Å². The Bertz CT molecular complexity index is 700. The maximum absolute atomic E-state index is 12.5. The Labute approximate surface area is 139 Å². The molecule has 0 spiro atoms. The van der Waals surface area contributed by atoms with Gasteiger partial charge in [-0.3, -0.25) is 0 Å². The van der Waals surface area contributed by atoms with E-state index in [4.69, 9.17) is 23.2 Å². The maximum atomic E-state index is 12.5. The molecule has 1 aromatic carbocycles. The third-order valence-corrected chi connectivity index (χ3v) is 6.46. The van der Waals surface area contributed by atoms with Gasteiger partial charge < -0.3 is 0 Å². The SMILES string of the molecule is CCN(Cc1cccs1)S(=O)(=O)Cc1ccc(Cl)c(Cl)c1. The van der Waals surface area contributed by atoms with Gasteiger partial charge in [-0.1, -0.05) is 42.3 Å². The molecule has 2 aromatic rings. The van der Waals surface area contributed by atoms with E-state index < -0.39 is 10.0 Å². The van der Waals surface area contributed by atoms with Crippen molar-refractivity contribution >= 4 is 44.6 Å². The van der Waals surface area contributed by atoms with E-state index in [0.29, 0.717) is 28.7 Å². The number of halogens is 2. The van der Waals surface area contributed by atoms with Crippen LogP contribution in [0.1, 0.15) is 17.4 Å². The highest BCUT2D eigenvalue weighted by Crippen LogP contribution is 2.24. The van der Waals surface area contributed by atoms with Gasteiger partial charge in [-0.15, -0.1) is 11.3 Å². The van der Waals surface area contributed by atoms with E-state index in [-0.39, 0.29) is 5.75 Å². The van der Waals surface area contributed by atoms with E-state index >= 15 is 0 Å². The first-order chi connectivity index (χ1) is 9.92. The Hall–Kier alpha value is -0.590. The fourth-order valence-electron chi connectivity index (χ4n) is 1.91. The minimum atomic E-state index is -3.39. The number of nitrogens with zero attached hydrogens (tertiary/aromatic N) is 1. The lowest BCUT2D eigenvalue weighted by atomic mass is 10.2. The molecule has 7 heteroatoms. The van der Waals surface area contributed by atoms with Crippen molar-refractivity contribution in [3.05, 3.63) is 56.2 Å². The maximum Gasteiger partial charge on any atom is 0.218 e. The van der Waals surface area contributed by atoms with Crippen molar-refractivity contribution in [1.82, 2.24) is 4.31 Å². The predicted octanol–water partition coefficient (Wildman–Crippen LogP) is 4.41. The molecule has 0 amide bonds. The summed E-state index contributed by atoms with van der Waals surface area (Å²) in [6.45, 7) is 2.67. The van der Waals surface area contributed by atoms with E-state index in [1.54, 1.807) is 29.5 Å². The Balaban J connectivity index is 2.17. The molecular weight excluding hydrogens is 349 g/mol. The fourth-order valence-corrected chi connectivity index (χ4v) is 4.55. The average molecular weight is 364 g/mol. The van der Waals surface area contributed by atoms with Gasteiger partial charge in [-0.05, 0) is 29.1 Å². The van der Waals surface area contributed by atoms with E-state index in [1.165, 1.54) is 4.31 Å². The standard InChI is InChI=1S/C14H15Cl2NO2S2/c1-2-17(9-12-4-3-7-20-12)21(18,19)10-11-5-6-13(15)14(16)8-11/h3-8H,2,9-10H2,1H3. The molecule has 0 saturated carbocycles. The van der Waals surface area contributed by atoms with Crippen LogP contribution in [-0.4, -0.2) is 19.3 Å². The Morgan fingerprint density at radius 2 is 1.95 bits per heavy atom. The summed E-state index contributed by atoms with van der Waals surface area (Å²) in [4.78, 5) is 1.02. The topological polar surface area (TPSA) is 37.4 Å². The van der Waals surface area contributed by atoms with Crippen LogP contribution < -0.4 is 0 Å². The zero-order valence-electron chi connectivity index (χ0n) is 11.4. The number of hydrogen-bond acceptors (Lipinski definition) is 3. The molecule has 0 saturated heterocycles. The van der Waals surface area contributed by atoms with Crippen LogP contribution in [0.4, 0.5) is 0 Å². The van der Waals surface area contributed by atoms with Crippen LogP contribution in [-0.2, 0) is 22.3 Å². The Kier molecular flexibility index (Phi) is 5.68. The molecule has 1 heterocycles. The van der Waals surface area contributed by atoms with Crippen molar-refractivity contribution in [1.29, 1.82) is 0 Å². The highest BCUT2D eigenvalue weighted by atomic mass is 35.5. The average Bonchev–Trinajstić information content (AvgIpc) is 2.92. The lowest BCUT2D eigenvalue weighted by molar-refractivity contribution is 0.425. The van der Waals surface area contributed by atoms with Crippen LogP contribution in [0, 0.1) is 0 Å². The van der Waals surface area contributed by atoms with Gasteiger partial charge in [0.25, 0.3) is 0 Å². The molecule has 0 radical (unpaired) electrons. The Morgan fingerprint density at radius 1 is 1.19 bits per heavy atom. The summed E-state index contributed by atoms with van der Waals surface area (Å²) < 4.78 is 26.5. The van der Waals surface area contributed by atoms with Crippen LogP contribution >= 0.6 is 34.5 Å². The number of benzene rings is 1. The van der Waals surface area contributed by atoms with Gasteiger partial charge >= 0.3 is 0 Å². The minimum absolute atomic E-state index is 0.0803. The quantitative estimate of drug-likeness (QED) is 0.762. The van der Waals surface area contributed by atoms with Gasteiger partial charge in [-0.25, -0.2) is 8.42 Å². The highest BCUT2D eigenvalue weighted by Gasteiger charge is 2.22. The summed E-state index contributed by atoms with van der Waals surface area (Å²) in [7, 11) is -3.39. The van der Waals surface area contributed by atoms with E-state index in [9.17, 15) is 8.42 Å². The van der Waals surface area contributed by atoms with Crippen LogP contribution in [0.25, 0.3) is 0 Å². The van der Waals surface area contributed by atoms with Gasteiger partial charge in [0.2, 0.25) is 10.0 Å². The van der Waals surface area contributed by atoms with Crippen molar-refractivity contribution in [2.75, 3.05) is 6.54 Å². The second-order valence-corrected chi connectivity index (χ2v) is 8.33. The van der Waals surface area contributed by atoms with Crippen molar-refractivity contribution in [2.45, 2.75) is 19.2 Å². The van der Waals surface area contributed by atoms with Crippen molar-refractivity contribution in [3.8, 4) is 0 Å². The molecule has 0 N–H and O–H groups in total. The lowest BCUT2D eigenvalue weighted by Crippen LogP contribution is -2.31. The molecular formula is C14H15Cl2NO2S2. The first-order valence-electron chi connectivity index (χ1n) is 6.36. The zero-order valence-corrected chi connectivity index (χ0v) is 14.6. The summed E-state index contributed by atoms with van der Waals surface area (Å²) in [6.07, 6.45) is 0. The molecule has 0 fully saturated rings. The Morgan fingerprint density at radius 3 is 2.52 bits per heavy atom. The van der Waals surface area contributed by atoms with Crippen molar-refractivity contribution < 1.29 is 8.42 Å². The largest absolute Gasteiger partial charge is 0.218 e. The van der Waals surface area contributed by atoms with Crippen LogP contribution in [0.5, 0.6) is 0 Å². The number of sulfonamides is 1. The van der Waals surface area contributed by atoms with Crippen molar-refractivity contribution in [2.24, 2.45) is 0 Å². The number of hydrogen-bond donors (Lipinski definition) is 0. The lowest BCUT2D eigenvalue weighted by Gasteiger charge is -2.20. The summed E-state index contributed by atoms with van der Waals surface area (Å²) in [6, 6.07) is 8.75. The van der Waals surface area contributed by atoms with E-state index in [0.717, 1.165) is 4.88 Å². The normalized spacial score (nSPS) is 12.0.